The fourth-order valence-corrected chi connectivity index (χ4v) is 4.17. The molecule has 6 nitrogen and oxygen atoms in total. The molecule has 2 fully saturated rings. The van der Waals surface area contributed by atoms with E-state index in [0.717, 1.165) is 71.3 Å². The van der Waals surface area contributed by atoms with Crippen LogP contribution in [0.5, 0.6) is 0 Å². The number of ether oxygens (including phenoxy) is 1. The smallest absolute Gasteiger partial charge is 0.191 e. The van der Waals surface area contributed by atoms with Gasteiger partial charge in [0.2, 0.25) is 0 Å². The number of benzene rings is 1. The SMILES string of the molecule is CN=C(NCC(C)CN1CCOCC1)NC1CCCN(Cc2c(F)cccc2F)C1.I. The molecule has 2 aliphatic rings. The number of nitrogens with zero attached hydrogens (tertiary/aromatic N) is 3. The predicted molar refractivity (Wildman–Crippen MR) is 131 cm³/mol. The van der Waals surface area contributed by atoms with Crippen LogP contribution in [0, 0.1) is 17.6 Å². The second-order valence-corrected chi connectivity index (χ2v) is 8.39. The second kappa shape index (κ2) is 13.5. The third-order valence-corrected chi connectivity index (χ3v) is 5.80. The summed E-state index contributed by atoms with van der Waals surface area (Å²) in [5, 5.41) is 6.92. The van der Waals surface area contributed by atoms with E-state index in [1.165, 1.54) is 18.2 Å². The van der Waals surface area contributed by atoms with Gasteiger partial charge in [0.1, 0.15) is 11.6 Å². The number of likely N-dealkylation sites (tertiary alicyclic amines) is 1. The van der Waals surface area contributed by atoms with Crippen LogP contribution in [0.3, 0.4) is 0 Å². The van der Waals surface area contributed by atoms with Crippen LogP contribution in [0.15, 0.2) is 23.2 Å². The lowest BCUT2D eigenvalue weighted by Gasteiger charge is -2.34. The van der Waals surface area contributed by atoms with Crippen molar-refractivity contribution >= 4 is 29.9 Å². The van der Waals surface area contributed by atoms with Gasteiger partial charge >= 0.3 is 0 Å². The summed E-state index contributed by atoms with van der Waals surface area (Å²) in [6.07, 6.45) is 2.00. The number of hydrogen-bond acceptors (Lipinski definition) is 4. The first-order valence-corrected chi connectivity index (χ1v) is 11.0. The number of nitrogens with one attached hydrogen (secondary N) is 2. The van der Waals surface area contributed by atoms with Crippen LogP contribution in [-0.4, -0.2) is 81.3 Å². The standard InChI is InChI=1S/C22H35F2N5O.HI/c1-17(14-28-9-11-30-12-10-28)13-26-22(25-2)27-18-5-4-8-29(15-18)16-19-20(23)6-3-7-21(19)24;/h3,6-7,17-18H,4-5,8-16H2,1-2H3,(H2,25,26,27);1H. The number of aliphatic imine (C=N–C) groups is 1. The van der Waals surface area contributed by atoms with Crippen molar-refractivity contribution in [2.75, 3.05) is 59.5 Å². The molecule has 2 unspecified atom stereocenters. The zero-order valence-corrected chi connectivity index (χ0v) is 20.9. The van der Waals surface area contributed by atoms with E-state index in [9.17, 15) is 8.78 Å². The van der Waals surface area contributed by atoms with Gasteiger partial charge in [0.25, 0.3) is 0 Å². The Labute approximate surface area is 201 Å². The lowest BCUT2D eigenvalue weighted by molar-refractivity contribution is 0.0320. The van der Waals surface area contributed by atoms with Crippen LogP contribution in [0.1, 0.15) is 25.3 Å². The van der Waals surface area contributed by atoms with Crippen molar-refractivity contribution in [2.24, 2.45) is 10.9 Å². The van der Waals surface area contributed by atoms with Crippen molar-refractivity contribution in [3.8, 4) is 0 Å². The third-order valence-electron chi connectivity index (χ3n) is 5.80. The molecular weight excluding hydrogens is 515 g/mol. The van der Waals surface area contributed by atoms with Crippen molar-refractivity contribution in [3.63, 3.8) is 0 Å². The van der Waals surface area contributed by atoms with E-state index in [2.05, 4.69) is 32.3 Å². The Kier molecular flexibility index (Phi) is 11.4. The molecule has 0 amide bonds. The molecule has 0 saturated carbocycles. The Morgan fingerprint density at radius 2 is 1.90 bits per heavy atom. The predicted octanol–water partition coefficient (Wildman–Crippen LogP) is 2.68. The lowest BCUT2D eigenvalue weighted by atomic mass is 10.0. The summed E-state index contributed by atoms with van der Waals surface area (Å²) >= 11 is 0. The zero-order valence-electron chi connectivity index (χ0n) is 18.6. The van der Waals surface area contributed by atoms with E-state index >= 15 is 0 Å². The number of halogens is 3. The van der Waals surface area contributed by atoms with Crippen LogP contribution in [0.2, 0.25) is 0 Å². The maximum absolute atomic E-state index is 14.0. The molecule has 0 aliphatic carbocycles. The Bertz CT molecular complexity index is 682. The van der Waals surface area contributed by atoms with Gasteiger partial charge in [0.05, 0.1) is 13.2 Å². The zero-order chi connectivity index (χ0) is 21.3. The van der Waals surface area contributed by atoms with E-state index in [4.69, 9.17) is 4.74 Å². The van der Waals surface area contributed by atoms with Crippen LogP contribution in [0.4, 0.5) is 8.78 Å². The number of piperidine rings is 1. The van der Waals surface area contributed by atoms with Crippen LogP contribution in [-0.2, 0) is 11.3 Å². The fraction of sp³-hybridized carbons (Fsp3) is 0.682. The molecule has 2 N–H and O–H groups in total. The Balaban J connectivity index is 0.00000341. The van der Waals surface area contributed by atoms with Crippen molar-refractivity contribution in [2.45, 2.75) is 32.4 Å². The third kappa shape index (κ3) is 8.43. The highest BCUT2D eigenvalue weighted by Gasteiger charge is 2.23. The minimum Gasteiger partial charge on any atom is -0.379 e. The second-order valence-electron chi connectivity index (χ2n) is 8.39. The van der Waals surface area contributed by atoms with Crippen molar-refractivity contribution in [1.29, 1.82) is 0 Å². The van der Waals surface area contributed by atoms with E-state index in [-0.39, 0.29) is 35.6 Å². The lowest BCUT2D eigenvalue weighted by Crippen LogP contribution is -2.52. The molecule has 2 atom stereocenters. The van der Waals surface area contributed by atoms with E-state index < -0.39 is 11.6 Å². The minimum absolute atomic E-state index is 0. The molecular formula is C22H36F2IN5O. The monoisotopic (exact) mass is 551 g/mol. The van der Waals surface area contributed by atoms with Crippen molar-refractivity contribution < 1.29 is 13.5 Å². The summed E-state index contributed by atoms with van der Waals surface area (Å²) in [5.41, 5.74) is 0.151. The van der Waals surface area contributed by atoms with Crippen LogP contribution in [0.25, 0.3) is 0 Å². The molecule has 3 rings (SSSR count). The number of guanidine groups is 1. The minimum atomic E-state index is -0.475. The van der Waals surface area contributed by atoms with Crippen LogP contribution >= 0.6 is 24.0 Å². The van der Waals surface area contributed by atoms with Gasteiger partial charge in [0.15, 0.2) is 5.96 Å². The summed E-state index contributed by atoms with van der Waals surface area (Å²) in [7, 11) is 1.78. The molecule has 1 aromatic rings. The van der Waals surface area contributed by atoms with Gasteiger partial charge in [0, 0.05) is 57.9 Å². The molecule has 2 aliphatic heterocycles. The molecule has 2 saturated heterocycles. The van der Waals surface area contributed by atoms with Crippen LogP contribution < -0.4 is 10.6 Å². The molecule has 176 valence electrons. The van der Waals surface area contributed by atoms with Gasteiger partial charge in [-0.15, -0.1) is 24.0 Å². The Hall–Kier alpha value is -1.04. The van der Waals surface area contributed by atoms with Crippen molar-refractivity contribution in [1.82, 2.24) is 20.4 Å². The highest BCUT2D eigenvalue weighted by atomic mass is 127. The van der Waals surface area contributed by atoms with Gasteiger partial charge in [-0.1, -0.05) is 13.0 Å². The molecule has 9 heteroatoms. The summed E-state index contributed by atoms with van der Waals surface area (Å²) in [5.74, 6) is 0.329. The van der Waals surface area contributed by atoms with E-state index in [1.807, 2.05) is 0 Å². The Morgan fingerprint density at radius 3 is 2.58 bits per heavy atom. The summed E-state index contributed by atoms with van der Waals surface area (Å²) < 4.78 is 33.4. The topological polar surface area (TPSA) is 52.1 Å². The van der Waals surface area contributed by atoms with E-state index in [1.54, 1.807) is 7.05 Å². The highest BCUT2D eigenvalue weighted by Crippen LogP contribution is 2.18. The molecule has 31 heavy (non-hydrogen) atoms. The fourth-order valence-electron chi connectivity index (χ4n) is 4.17. The van der Waals surface area contributed by atoms with Gasteiger partial charge in [-0.05, 0) is 37.4 Å². The molecule has 0 spiro atoms. The summed E-state index contributed by atoms with van der Waals surface area (Å²) in [6.45, 7) is 9.62. The summed E-state index contributed by atoms with van der Waals surface area (Å²) in [4.78, 5) is 8.91. The first-order chi connectivity index (χ1) is 14.5. The Morgan fingerprint density at radius 1 is 1.19 bits per heavy atom. The molecule has 0 aromatic heterocycles. The first-order valence-electron chi connectivity index (χ1n) is 11.0. The molecule has 2 heterocycles. The first kappa shape index (κ1) is 26.2. The molecule has 0 radical (unpaired) electrons. The highest BCUT2D eigenvalue weighted by molar-refractivity contribution is 14.0. The van der Waals surface area contributed by atoms with Gasteiger partial charge in [-0.25, -0.2) is 8.78 Å². The average Bonchev–Trinajstić information content (AvgIpc) is 2.75. The van der Waals surface area contributed by atoms with Gasteiger partial charge < -0.3 is 15.4 Å². The largest absolute Gasteiger partial charge is 0.379 e. The van der Waals surface area contributed by atoms with Crippen molar-refractivity contribution in [3.05, 3.63) is 35.4 Å². The number of rotatable bonds is 7. The maximum atomic E-state index is 14.0. The normalized spacial score (nSPS) is 21.9. The summed E-state index contributed by atoms with van der Waals surface area (Å²) in [6, 6.07) is 4.25. The average molecular weight is 551 g/mol. The van der Waals surface area contributed by atoms with Gasteiger partial charge in [-0.3, -0.25) is 14.8 Å². The molecule has 1 aromatic carbocycles. The quantitative estimate of drug-likeness (QED) is 0.310. The number of morpholine rings is 1. The van der Waals surface area contributed by atoms with E-state index in [0.29, 0.717) is 12.5 Å². The van der Waals surface area contributed by atoms with Gasteiger partial charge in [-0.2, -0.15) is 0 Å². The maximum Gasteiger partial charge on any atom is 0.191 e. The number of hydrogen-bond donors (Lipinski definition) is 2. The molecule has 0 bridgehead atoms.